The van der Waals surface area contributed by atoms with Crippen LogP contribution in [-0.2, 0) is 13.1 Å². The number of halogens is 1. The Bertz CT molecular complexity index is 1550. The molecule has 0 atom stereocenters. The summed E-state index contributed by atoms with van der Waals surface area (Å²) in [5.74, 6) is -0.635. The van der Waals surface area contributed by atoms with E-state index in [-0.39, 0.29) is 12.1 Å². The largest absolute Gasteiger partial charge is 0.493 e. The summed E-state index contributed by atoms with van der Waals surface area (Å²) in [6, 6.07) is 16.7. The highest BCUT2D eigenvalue weighted by atomic mass is 19.1. The number of benzene rings is 3. The number of rotatable bonds is 10. The molecular weight excluding hydrogens is 489 g/mol. The van der Waals surface area contributed by atoms with Crippen molar-refractivity contribution in [2.45, 2.75) is 52.8 Å². The Labute approximate surface area is 219 Å². The number of aliphatic hydroxyl groups is 1. The summed E-state index contributed by atoms with van der Waals surface area (Å²) >= 11 is 0. The molecule has 1 aromatic heterocycles. The van der Waals surface area contributed by atoms with Gasteiger partial charge in [0.05, 0.1) is 18.8 Å². The van der Waals surface area contributed by atoms with Gasteiger partial charge in [0.2, 0.25) is 0 Å². The molecule has 1 heterocycles. The lowest BCUT2D eigenvalue weighted by atomic mass is 9.93. The molecule has 4 aromatic rings. The van der Waals surface area contributed by atoms with Crippen molar-refractivity contribution in [3.63, 3.8) is 0 Å². The van der Waals surface area contributed by atoms with E-state index in [4.69, 9.17) is 9.26 Å². The number of nitrogens with one attached hydrogen (secondary N) is 2. The Morgan fingerprint density at radius 1 is 1.05 bits per heavy atom. The third kappa shape index (κ3) is 6.60. The fraction of sp³-hybridized carbons (Fsp3) is 0.310. The predicted octanol–water partition coefficient (Wildman–Crippen LogP) is 4.75. The van der Waals surface area contributed by atoms with Crippen molar-refractivity contribution < 1.29 is 18.8 Å². The predicted molar refractivity (Wildman–Crippen MR) is 144 cm³/mol. The smallest absolute Gasteiger partial charge is 0.440 e. The molecule has 0 aliphatic rings. The van der Waals surface area contributed by atoms with Crippen molar-refractivity contribution >= 4 is 5.69 Å². The lowest BCUT2D eigenvalue weighted by Crippen LogP contribution is -2.21. The third-order valence-electron chi connectivity index (χ3n) is 6.40. The Kier molecular flexibility index (Phi) is 7.87. The van der Waals surface area contributed by atoms with Gasteiger partial charge < -0.3 is 19.7 Å². The molecule has 38 heavy (non-hydrogen) atoms. The van der Waals surface area contributed by atoms with E-state index in [2.05, 4.69) is 18.3 Å². The molecule has 0 amide bonds. The van der Waals surface area contributed by atoms with Gasteiger partial charge in [-0.2, -0.15) is 0 Å². The number of anilines is 1. The fourth-order valence-corrected chi connectivity index (χ4v) is 4.17. The van der Waals surface area contributed by atoms with Crippen LogP contribution in [0, 0.1) is 19.7 Å². The highest BCUT2D eigenvalue weighted by Crippen LogP contribution is 2.31. The van der Waals surface area contributed by atoms with Gasteiger partial charge in [-0.15, -0.1) is 4.74 Å². The van der Waals surface area contributed by atoms with E-state index in [1.165, 1.54) is 6.07 Å². The van der Waals surface area contributed by atoms with Crippen molar-refractivity contribution in [2.75, 3.05) is 11.9 Å². The normalized spacial score (nSPS) is 11.5. The number of hydrogen-bond donors (Lipinski definition) is 3. The van der Waals surface area contributed by atoms with E-state index < -0.39 is 22.9 Å². The molecule has 4 rings (SSSR count). The molecule has 0 fully saturated rings. The molecule has 0 bridgehead atoms. The van der Waals surface area contributed by atoms with Crippen LogP contribution in [-0.4, -0.2) is 27.0 Å². The number of aromatic nitrogens is 2. The third-order valence-corrected chi connectivity index (χ3v) is 6.40. The second kappa shape index (κ2) is 11.1. The molecule has 0 unspecified atom stereocenters. The Hall–Kier alpha value is -4.11. The highest BCUT2D eigenvalue weighted by Gasteiger charge is 2.14. The zero-order valence-corrected chi connectivity index (χ0v) is 21.9. The first-order valence-electron chi connectivity index (χ1n) is 12.4. The maximum atomic E-state index is 14.7. The number of aromatic amines is 1. The van der Waals surface area contributed by atoms with Gasteiger partial charge in [0, 0.05) is 24.2 Å². The second-order valence-corrected chi connectivity index (χ2v) is 9.98. The maximum absolute atomic E-state index is 14.7. The van der Waals surface area contributed by atoms with Gasteiger partial charge in [-0.1, -0.05) is 30.3 Å². The van der Waals surface area contributed by atoms with Crippen LogP contribution < -0.4 is 21.5 Å². The van der Waals surface area contributed by atoms with Gasteiger partial charge in [-0.25, -0.2) is 19.0 Å². The molecule has 200 valence electrons. The van der Waals surface area contributed by atoms with Crippen LogP contribution in [0.4, 0.5) is 10.1 Å². The zero-order chi connectivity index (χ0) is 27.4. The summed E-state index contributed by atoms with van der Waals surface area (Å²) in [6.45, 7) is 8.36. The summed E-state index contributed by atoms with van der Waals surface area (Å²) in [5, 5.41) is 13.1. The van der Waals surface area contributed by atoms with Crippen LogP contribution in [0.2, 0.25) is 0 Å². The van der Waals surface area contributed by atoms with Gasteiger partial charge in [0.25, 0.3) is 0 Å². The minimum atomic E-state index is -0.882. The molecule has 0 spiro atoms. The van der Waals surface area contributed by atoms with E-state index in [1.807, 2.05) is 42.2 Å². The van der Waals surface area contributed by atoms with Crippen LogP contribution in [0.3, 0.4) is 0 Å². The van der Waals surface area contributed by atoms with Crippen LogP contribution >= 0.6 is 0 Å². The minimum absolute atomic E-state index is 0.187. The Morgan fingerprint density at radius 3 is 2.50 bits per heavy atom. The molecule has 0 aliphatic heterocycles. The molecule has 3 aromatic carbocycles. The van der Waals surface area contributed by atoms with Gasteiger partial charge in [0.1, 0.15) is 11.6 Å². The SMILES string of the molecule is Cc1cc(OCCC(C)(C)O)ccc1-c1cccc(CNc2ccc(Cn3oc(=O)[nH]c3=O)c(F)c2)c1C. The first-order valence-corrected chi connectivity index (χ1v) is 12.4. The summed E-state index contributed by atoms with van der Waals surface area (Å²) in [4.78, 5) is 24.7. The molecule has 0 radical (unpaired) electrons. The average Bonchev–Trinajstić information content (AvgIpc) is 3.16. The first-order chi connectivity index (χ1) is 18.0. The van der Waals surface area contributed by atoms with Crippen molar-refractivity contribution in [1.82, 2.24) is 9.72 Å². The lowest BCUT2D eigenvalue weighted by Gasteiger charge is -2.18. The average molecular weight is 522 g/mol. The Morgan fingerprint density at radius 2 is 1.84 bits per heavy atom. The minimum Gasteiger partial charge on any atom is -0.493 e. The summed E-state index contributed by atoms with van der Waals surface area (Å²) < 4.78 is 26.0. The monoisotopic (exact) mass is 521 g/mol. The molecule has 0 saturated heterocycles. The number of ether oxygens (including phenoxy) is 1. The van der Waals surface area contributed by atoms with E-state index in [0.29, 0.717) is 25.3 Å². The van der Waals surface area contributed by atoms with Crippen molar-refractivity contribution in [1.29, 1.82) is 0 Å². The van der Waals surface area contributed by atoms with Crippen LogP contribution in [0.25, 0.3) is 11.1 Å². The zero-order valence-electron chi connectivity index (χ0n) is 21.9. The standard InChI is InChI=1S/C29H32FN3O5/c1-18-14-23(37-13-12-29(3,4)36)10-11-24(18)25-7-5-6-20(19(25)2)16-31-22-9-8-21(26(30)15-22)17-33-27(34)32-28(35)38-33/h5-11,14-15,31,36H,12-13,16-17H2,1-4H3,(H,32,34,35). The fourth-order valence-electron chi connectivity index (χ4n) is 4.17. The second-order valence-electron chi connectivity index (χ2n) is 9.98. The van der Waals surface area contributed by atoms with Crippen molar-refractivity contribution in [3.8, 4) is 16.9 Å². The van der Waals surface area contributed by atoms with E-state index in [9.17, 15) is 19.1 Å². The topological polar surface area (TPSA) is 109 Å². The van der Waals surface area contributed by atoms with Gasteiger partial charge >= 0.3 is 11.4 Å². The van der Waals surface area contributed by atoms with E-state index in [0.717, 1.165) is 38.3 Å². The van der Waals surface area contributed by atoms with E-state index in [1.54, 1.807) is 26.0 Å². The first kappa shape index (κ1) is 26.9. The van der Waals surface area contributed by atoms with Gasteiger partial charge in [-0.05, 0) is 79.8 Å². The highest BCUT2D eigenvalue weighted by molar-refractivity contribution is 5.72. The van der Waals surface area contributed by atoms with Crippen LogP contribution in [0.1, 0.15) is 42.5 Å². The number of aryl methyl sites for hydroxylation is 1. The maximum Gasteiger partial charge on any atom is 0.440 e. The quantitative estimate of drug-likeness (QED) is 0.278. The molecule has 8 nitrogen and oxygen atoms in total. The van der Waals surface area contributed by atoms with Gasteiger partial charge in [0.15, 0.2) is 0 Å². The molecule has 3 N–H and O–H groups in total. The van der Waals surface area contributed by atoms with E-state index >= 15 is 0 Å². The van der Waals surface area contributed by atoms with Gasteiger partial charge in [-0.3, -0.25) is 0 Å². The molecule has 0 aliphatic carbocycles. The molecular formula is C29H32FN3O5. The van der Waals surface area contributed by atoms with Crippen molar-refractivity contribution in [3.05, 3.63) is 104 Å². The summed E-state index contributed by atoms with van der Waals surface area (Å²) in [7, 11) is 0. The van der Waals surface area contributed by atoms with Crippen LogP contribution in [0.5, 0.6) is 5.75 Å². The Balaban J connectivity index is 1.44. The van der Waals surface area contributed by atoms with Crippen LogP contribution in [0.15, 0.2) is 68.7 Å². The number of nitrogens with zero attached hydrogens (tertiary/aromatic N) is 1. The van der Waals surface area contributed by atoms with Crippen molar-refractivity contribution in [2.24, 2.45) is 0 Å². The lowest BCUT2D eigenvalue weighted by molar-refractivity contribution is 0.0553. The number of hydrogen-bond acceptors (Lipinski definition) is 6. The molecule has 0 saturated carbocycles. The number of H-pyrrole nitrogens is 1. The summed E-state index contributed by atoms with van der Waals surface area (Å²) in [5.41, 5.74) is 4.77. The molecule has 9 heteroatoms. The summed E-state index contributed by atoms with van der Waals surface area (Å²) in [6.07, 6.45) is 0.541.